The van der Waals surface area contributed by atoms with Crippen LogP contribution in [0.4, 0.5) is 0 Å². The van der Waals surface area contributed by atoms with Gasteiger partial charge in [0.1, 0.15) is 0 Å². The van der Waals surface area contributed by atoms with Crippen molar-refractivity contribution in [3.8, 4) is 33.4 Å². The number of benzene rings is 6. The monoisotopic (exact) mass is 962 g/mol. The number of halogens is 4. The van der Waals surface area contributed by atoms with Gasteiger partial charge in [0.2, 0.25) is 0 Å². The van der Waals surface area contributed by atoms with Crippen molar-refractivity contribution in [1.29, 1.82) is 0 Å². The second-order valence-corrected chi connectivity index (χ2v) is 17.2. The van der Waals surface area contributed by atoms with Crippen LogP contribution in [0.3, 0.4) is 0 Å². The summed E-state index contributed by atoms with van der Waals surface area (Å²) in [6.07, 6.45) is 11.4. The van der Waals surface area contributed by atoms with E-state index in [-0.39, 0.29) is 24.8 Å². The van der Waals surface area contributed by atoms with Gasteiger partial charge in [-0.2, -0.15) is 72.3 Å². The van der Waals surface area contributed by atoms with Crippen molar-refractivity contribution in [2.24, 2.45) is 11.3 Å². The van der Waals surface area contributed by atoms with E-state index in [0.717, 1.165) is 16.5 Å². The van der Waals surface area contributed by atoms with E-state index in [0.29, 0.717) is 11.3 Å². The Morgan fingerprint density at radius 2 is 1.13 bits per heavy atom. The van der Waals surface area contributed by atoms with Gasteiger partial charge in [0.25, 0.3) is 0 Å². The molecule has 0 N–H and O–H groups in total. The van der Waals surface area contributed by atoms with Gasteiger partial charge in [0.05, 0.1) is 0 Å². The Morgan fingerprint density at radius 1 is 0.656 bits per heavy atom. The van der Waals surface area contributed by atoms with Crippen LogP contribution < -0.4 is 0 Å². The third kappa shape index (κ3) is 15.5. The zero-order valence-corrected chi connectivity index (χ0v) is 43.1. The Labute approximate surface area is 406 Å². The van der Waals surface area contributed by atoms with Crippen LogP contribution in [0.1, 0.15) is 85.0 Å². The summed E-state index contributed by atoms with van der Waals surface area (Å²) >= 11 is 12.3. The topological polar surface area (TPSA) is 0 Å². The SMILES string of the molecule is CCCC1[C-]=CC(C(C)(C)C)=C1.Cc1cc(C)c(-c2[c-]c3c(cc2)-c2ccc(-c4c(C)cc(C)cc4C)cc2C3)c(C)c1.Cl.Cl.Clc1cc[c-]cc1.Clc1cc[c-]cc1.[CH2]=[Zr]. The molecule has 1 unspecified atom stereocenters. The van der Waals surface area contributed by atoms with Crippen molar-refractivity contribution in [1.82, 2.24) is 0 Å². The van der Waals surface area contributed by atoms with Crippen molar-refractivity contribution in [2.45, 2.75) is 88.5 Å². The Balaban J connectivity index is 0.000000349. The normalized spacial score (nSPS) is 12.7. The number of rotatable bonds is 4. The van der Waals surface area contributed by atoms with Crippen LogP contribution >= 0.6 is 48.0 Å². The van der Waals surface area contributed by atoms with Crippen LogP contribution in [0.15, 0.2) is 121 Å². The molecule has 1 atom stereocenters. The first-order valence-corrected chi connectivity index (χ1v) is 22.9. The predicted octanol–water partition coefficient (Wildman–Crippen LogP) is 17.1. The molecule has 0 saturated carbocycles. The van der Waals surface area contributed by atoms with E-state index in [4.69, 9.17) is 23.2 Å². The second-order valence-electron chi connectivity index (χ2n) is 16.4. The molecule has 0 aliphatic heterocycles. The van der Waals surface area contributed by atoms with Gasteiger partial charge in [0.15, 0.2) is 0 Å². The van der Waals surface area contributed by atoms with E-state index in [1.165, 1.54) is 121 Å². The van der Waals surface area contributed by atoms with Crippen LogP contribution in [-0.4, -0.2) is 4.21 Å². The second kappa shape index (κ2) is 25.7. The molecular formula is C56H60Cl4Zr-4. The maximum absolute atomic E-state index is 5.52. The summed E-state index contributed by atoms with van der Waals surface area (Å²) in [7, 11) is 0. The molecule has 2 aliphatic rings. The molecular weight excluding hydrogens is 906 g/mol. The van der Waals surface area contributed by atoms with Crippen LogP contribution in [0.25, 0.3) is 33.4 Å². The molecule has 0 heterocycles. The van der Waals surface area contributed by atoms with E-state index >= 15 is 0 Å². The summed E-state index contributed by atoms with van der Waals surface area (Å²) in [5, 5.41) is 1.53. The van der Waals surface area contributed by atoms with Gasteiger partial charge in [-0.15, -0.1) is 77.3 Å². The van der Waals surface area contributed by atoms with E-state index in [9.17, 15) is 0 Å². The van der Waals surface area contributed by atoms with Crippen LogP contribution in [0, 0.1) is 77.2 Å². The van der Waals surface area contributed by atoms with Crippen molar-refractivity contribution < 1.29 is 24.2 Å². The fraction of sp³-hybridized carbons (Fsp3) is 0.268. The van der Waals surface area contributed by atoms with E-state index in [1.54, 1.807) is 48.5 Å². The van der Waals surface area contributed by atoms with Crippen LogP contribution in [0.2, 0.25) is 10.0 Å². The Kier molecular flexibility index (Phi) is 22.7. The molecule has 0 fully saturated rings. The number of hydrogen-bond acceptors (Lipinski definition) is 0. The molecule has 2 aliphatic carbocycles. The van der Waals surface area contributed by atoms with Gasteiger partial charge >= 0.3 is 28.4 Å². The van der Waals surface area contributed by atoms with Crippen molar-refractivity contribution in [3.05, 3.63) is 200 Å². The van der Waals surface area contributed by atoms with Crippen molar-refractivity contribution in [3.63, 3.8) is 0 Å². The molecule has 0 bridgehead atoms. The minimum atomic E-state index is 0. The Bertz CT molecular complexity index is 2180. The summed E-state index contributed by atoms with van der Waals surface area (Å²) in [6, 6.07) is 44.4. The summed E-state index contributed by atoms with van der Waals surface area (Å²) in [5.41, 5.74) is 20.4. The minimum absolute atomic E-state index is 0. The first-order valence-electron chi connectivity index (χ1n) is 20.4. The summed E-state index contributed by atoms with van der Waals surface area (Å²) in [5.74, 6) is 0.587. The first kappa shape index (κ1) is 53.8. The molecule has 0 nitrogen and oxygen atoms in total. The molecule has 0 spiro atoms. The van der Waals surface area contributed by atoms with Gasteiger partial charge in [0, 0.05) is 0 Å². The molecule has 0 radical (unpaired) electrons. The maximum atomic E-state index is 5.52. The quantitative estimate of drug-likeness (QED) is 0.154. The predicted molar refractivity (Wildman–Crippen MR) is 269 cm³/mol. The van der Waals surface area contributed by atoms with Crippen molar-refractivity contribution in [2.75, 3.05) is 0 Å². The molecule has 5 heteroatoms. The number of hydrogen-bond donors (Lipinski definition) is 0. The number of fused-ring (bicyclic) bond motifs is 3. The van der Waals surface area contributed by atoms with E-state index in [1.807, 2.05) is 0 Å². The molecule has 0 amide bonds. The zero-order valence-electron chi connectivity index (χ0n) is 37.4. The fourth-order valence-electron chi connectivity index (χ4n) is 7.85. The average Bonchev–Trinajstić information content (AvgIpc) is 3.81. The van der Waals surface area contributed by atoms with Gasteiger partial charge in [-0.05, 0) is 75.8 Å². The average molecular weight is 966 g/mol. The fourth-order valence-corrected chi connectivity index (χ4v) is 8.10. The molecule has 6 aromatic rings. The number of aryl methyl sites for hydroxylation is 6. The number of allylic oxidation sites excluding steroid dienone is 4. The third-order valence-corrected chi connectivity index (χ3v) is 10.9. The van der Waals surface area contributed by atoms with E-state index in [2.05, 4.69) is 164 Å². The van der Waals surface area contributed by atoms with E-state index < -0.39 is 0 Å². The molecule has 0 aromatic heterocycles. The Hall–Kier alpha value is -3.29. The van der Waals surface area contributed by atoms with Gasteiger partial charge in [-0.25, -0.2) is 6.08 Å². The Morgan fingerprint density at radius 3 is 1.56 bits per heavy atom. The van der Waals surface area contributed by atoms with Crippen LogP contribution in [-0.2, 0) is 30.7 Å². The molecule has 61 heavy (non-hydrogen) atoms. The molecule has 8 rings (SSSR count). The third-order valence-electron chi connectivity index (χ3n) is 10.4. The summed E-state index contributed by atoms with van der Waals surface area (Å²) in [6.45, 7) is 22.2. The van der Waals surface area contributed by atoms with Gasteiger partial charge in [-0.1, -0.05) is 143 Å². The van der Waals surface area contributed by atoms with Gasteiger partial charge in [-0.3, -0.25) is 6.08 Å². The molecule has 0 saturated heterocycles. The first-order chi connectivity index (χ1) is 28.1. The standard InChI is InChI=1S/C31H29.C12H19.2C6H4Cl.CH2.2ClH.Zr/c1-18-11-20(3)30(21(4)12-18)24-7-9-28-26(15-24)17-27-16-25(8-10-29(27)28)31-22(5)13-19(2)14-23(31)6;1-5-6-10-7-8-11(9-10)12(2,3)4;2*7-6-4-2-1-3-5-6;;;;/h7-15H,17H2,1-6H3;8-10H,5-6H2,1-4H3;2*2-5H;1H2;2*1H;/q4*-1;;;;. The van der Waals surface area contributed by atoms with Crippen molar-refractivity contribution >= 4 is 52.2 Å². The summed E-state index contributed by atoms with van der Waals surface area (Å²) in [4.78, 5) is 0. The molecule has 6 aromatic carbocycles. The summed E-state index contributed by atoms with van der Waals surface area (Å²) < 4.78 is 3.34. The van der Waals surface area contributed by atoms with Crippen LogP contribution in [0.5, 0.6) is 0 Å². The molecule has 320 valence electrons. The zero-order chi connectivity index (χ0) is 43.3. The van der Waals surface area contributed by atoms with Gasteiger partial charge < -0.3 is 0 Å².